The summed E-state index contributed by atoms with van der Waals surface area (Å²) in [6.07, 6.45) is 4.88. The Kier molecular flexibility index (Phi) is 3.96. The van der Waals surface area contributed by atoms with Crippen LogP contribution in [0.5, 0.6) is 0 Å². The molecular formula is C15H15N3O2S. The molecule has 1 aliphatic heterocycles. The maximum absolute atomic E-state index is 11.9. The van der Waals surface area contributed by atoms with E-state index in [9.17, 15) is 9.59 Å². The SMILES string of the molecule is O=C(NCc1cncc(N2CCCC2=O)c1)c1ccsc1. The van der Waals surface area contributed by atoms with Crippen LogP contribution >= 0.6 is 11.3 Å². The molecule has 1 saturated heterocycles. The van der Waals surface area contributed by atoms with Gasteiger partial charge in [-0.15, -0.1) is 0 Å². The number of thiophene rings is 1. The molecule has 5 nitrogen and oxygen atoms in total. The first-order valence-corrected chi connectivity index (χ1v) is 7.73. The second kappa shape index (κ2) is 6.05. The van der Waals surface area contributed by atoms with E-state index in [1.807, 2.05) is 16.8 Å². The first kappa shape index (κ1) is 13.8. The summed E-state index contributed by atoms with van der Waals surface area (Å²) in [6, 6.07) is 3.70. The summed E-state index contributed by atoms with van der Waals surface area (Å²) in [6.45, 7) is 1.14. The van der Waals surface area contributed by atoms with Crippen molar-refractivity contribution in [2.24, 2.45) is 0 Å². The van der Waals surface area contributed by atoms with E-state index >= 15 is 0 Å². The van der Waals surface area contributed by atoms with Crippen LogP contribution in [-0.4, -0.2) is 23.3 Å². The molecule has 0 bridgehead atoms. The number of amides is 2. The maximum Gasteiger partial charge on any atom is 0.252 e. The zero-order valence-electron chi connectivity index (χ0n) is 11.4. The zero-order chi connectivity index (χ0) is 14.7. The molecule has 3 rings (SSSR count). The van der Waals surface area contributed by atoms with Crippen molar-refractivity contribution in [1.29, 1.82) is 0 Å². The summed E-state index contributed by atoms with van der Waals surface area (Å²) in [4.78, 5) is 29.5. The molecule has 1 aliphatic rings. The first-order chi connectivity index (χ1) is 10.2. The largest absolute Gasteiger partial charge is 0.348 e. The average molecular weight is 301 g/mol. The lowest BCUT2D eigenvalue weighted by atomic mass is 10.2. The molecule has 0 unspecified atom stereocenters. The molecule has 0 aliphatic carbocycles. The van der Waals surface area contributed by atoms with Crippen molar-refractivity contribution in [3.63, 3.8) is 0 Å². The summed E-state index contributed by atoms with van der Waals surface area (Å²) in [5, 5.41) is 6.54. The molecule has 2 amide bonds. The van der Waals surface area contributed by atoms with E-state index in [4.69, 9.17) is 0 Å². The minimum Gasteiger partial charge on any atom is -0.348 e. The lowest BCUT2D eigenvalue weighted by Gasteiger charge is -2.16. The molecule has 0 aromatic carbocycles. The monoisotopic (exact) mass is 301 g/mol. The summed E-state index contributed by atoms with van der Waals surface area (Å²) < 4.78 is 0. The molecule has 0 saturated carbocycles. The summed E-state index contributed by atoms with van der Waals surface area (Å²) >= 11 is 1.49. The van der Waals surface area contributed by atoms with Crippen molar-refractivity contribution >= 4 is 28.8 Å². The topological polar surface area (TPSA) is 62.3 Å². The Morgan fingerprint density at radius 1 is 1.43 bits per heavy atom. The van der Waals surface area contributed by atoms with Crippen LogP contribution in [0.3, 0.4) is 0 Å². The highest BCUT2D eigenvalue weighted by Crippen LogP contribution is 2.21. The van der Waals surface area contributed by atoms with E-state index in [-0.39, 0.29) is 11.8 Å². The van der Waals surface area contributed by atoms with Crippen LogP contribution in [0.1, 0.15) is 28.8 Å². The van der Waals surface area contributed by atoms with Crippen molar-refractivity contribution in [3.05, 3.63) is 46.4 Å². The quantitative estimate of drug-likeness (QED) is 0.941. The van der Waals surface area contributed by atoms with E-state index in [1.54, 1.807) is 23.4 Å². The van der Waals surface area contributed by atoms with Crippen molar-refractivity contribution in [3.8, 4) is 0 Å². The van der Waals surface area contributed by atoms with Gasteiger partial charge in [-0.05, 0) is 29.5 Å². The third kappa shape index (κ3) is 3.11. The van der Waals surface area contributed by atoms with Gasteiger partial charge in [-0.2, -0.15) is 11.3 Å². The number of hydrogen-bond donors (Lipinski definition) is 1. The summed E-state index contributed by atoms with van der Waals surface area (Å²) in [7, 11) is 0. The first-order valence-electron chi connectivity index (χ1n) is 6.79. The number of aromatic nitrogens is 1. The van der Waals surface area contributed by atoms with Gasteiger partial charge in [-0.25, -0.2) is 0 Å². The van der Waals surface area contributed by atoms with Gasteiger partial charge in [-0.1, -0.05) is 0 Å². The molecular weight excluding hydrogens is 286 g/mol. The molecule has 3 heterocycles. The molecule has 6 heteroatoms. The third-order valence-corrected chi connectivity index (χ3v) is 4.09. The number of nitrogens with one attached hydrogen (secondary N) is 1. The number of carbonyl (C=O) groups is 2. The van der Waals surface area contributed by atoms with Crippen LogP contribution in [0.25, 0.3) is 0 Å². The highest BCUT2D eigenvalue weighted by molar-refractivity contribution is 7.08. The molecule has 108 valence electrons. The highest BCUT2D eigenvalue weighted by atomic mass is 32.1. The number of anilines is 1. The van der Waals surface area contributed by atoms with E-state index < -0.39 is 0 Å². The van der Waals surface area contributed by atoms with Crippen molar-refractivity contribution in [2.45, 2.75) is 19.4 Å². The minimum atomic E-state index is -0.0982. The number of hydrogen-bond acceptors (Lipinski definition) is 4. The van der Waals surface area contributed by atoms with E-state index in [1.165, 1.54) is 11.3 Å². The second-order valence-corrected chi connectivity index (χ2v) is 5.68. The molecule has 0 spiro atoms. The number of carbonyl (C=O) groups excluding carboxylic acids is 2. The fourth-order valence-electron chi connectivity index (χ4n) is 2.32. The van der Waals surface area contributed by atoms with Gasteiger partial charge in [0.15, 0.2) is 0 Å². The fraction of sp³-hybridized carbons (Fsp3) is 0.267. The Morgan fingerprint density at radius 3 is 3.05 bits per heavy atom. The molecule has 2 aromatic rings. The standard InChI is InChI=1S/C15H15N3O2S/c19-14-2-1-4-18(14)13-6-11(7-16-9-13)8-17-15(20)12-3-5-21-10-12/h3,5-7,9-10H,1-2,4,8H2,(H,17,20). The van der Waals surface area contributed by atoms with Crippen LogP contribution < -0.4 is 10.2 Å². The second-order valence-electron chi connectivity index (χ2n) is 4.90. The number of pyridine rings is 1. The van der Waals surface area contributed by atoms with Gasteiger partial charge in [0.1, 0.15) is 0 Å². The fourth-order valence-corrected chi connectivity index (χ4v) is 2.95. The van der Waals surface area contributed by atoms with Crippen molar-refractivity contribution in [2.75, 3.05) is 11.4 Å². The highest BCUT2D eigenvalue weighted by Gasteiger charge is 2.22. The van der Waals surface area contributed by atoms with Gasteiger partial charge in [-0.3, -0.25) is 14.6 Å². The van der Waals surface area contributed by atoms with E-state index in [0.29, 0.717) is 18.5 Å². The lowest BCUT2D eigenvalue weighted by Crippen LogP contribution is -2.25. The van der Waals surface area contributed by atoms with Gasteiger partial charge in [0, 0.05) is 36.7 Å². The van der Waals surface area contributed by atoms with Gasteiger partial charge in [0.25, 0.3) is 5.91 Å². The van der Waals surface area contributed by atoms with Gasteiger partial charge < -0.3 is 10.2 Å². The van der Waals surface area contributed by atoms with Crippen LogP contribution in [-0.2, 0) is 11.3 Å². The van der Waals surface area contributed by atoms with Gasteiger partial charge in [0.05, 0.1) is 11.9 Å². The normalized spacial score (nSPS) is 14.5. The number of rotatable bonds is 4. The third-order valence-electron chi connectivity index (χ3n) is 3.40. The molecule has 0 radical (unpaired) electrons. The Labute approximate surface area is 126 Å². The van der Waals surface area contributed by atoms with Crippen LogP contribution in [0, 0.1) is 0 Å². The van der Waals surface area contributed by atoms with E-state index in [2.05, 4.69) is 10.3 Å². The molecule has 1 fully saturated rings. The van der Waals surface area contributed by atoms with Gasteiger partial charge >= 0.3 is 0 Å². The predicted molar refractivity (Wildman–Crippen MR) is 81.3 cm³/mol. The Morgan fingerprint density at radius 2 is 2.33 bits per heavy atom. The van der Waals surface area contributed by atoms with Crippen LogP contribution in [0.4, 0.5) is 5.69 Å². The van der Waals surface area contributed by atoms with Crippen LogP contribution in [0.2, 0.25) is 0 Å². The summed E-state index contributed by atoms with van der Waals surface area (Å²) in [5.41, 5.74) is 2.36. The Balaban J connectivity index is 1.66. The summed E-state index contributed by atoms with van der Waals surface area (Å²) in [5.74, 6) is 0.0372. The zero-order valence-corrected chi connectivity index (χ0v) is 12.2. The Bertz CT molecular complexity index is 655. The average Bonchev–Trinajstić information content (AvgIpc) is 3.16. The predicted octanol–water partition coefficient (Wildman–Crippen LogP) is 2.20. The Hall–Kier alpha value is -2.21. The molecule has 21 heavy (non-hydrogen) atoms. The lowest BCUT2D eigenvalue weighted by molar-refractivity contribution is -0.117. The van der Waals surface area contributed by atoms with E-state index in [0.717, 1.165) is 24.2 Å². The van der Waals surface area contributed by atoms with Crippen molar-refractivity contribution < 1.29 is 9.59 Å². The van der Waals surface area contributed by atoms with Gasteiger partial charge in [0.2, 0.25) is 5.91 Å². The molecule has 0 atom stereocenters. The smallest absolute Gasteiger partial charge is 0.252 e. The molecule has 1 N–H and O–H groups in total. The maximum atomic E-state index is 11.9. The van der Waals surface area contributed by atoms with Crippen LogP contribution in [0.15, 0.2) is 35.3 Å². The number of nitrogens with zero attached hydrogens (tertiary/aromatic N) is 2. The molecule has 2 aromatic heterocycles. The minimum absolute atomic E-state index is 0.0982. The van der Waals surface area contributed by atoms with Crippen molar-refractivity contribution in [1.82, 2.24) is 10.3 Å².